The van der Waals surface area contributed by atoms with Crippen LogP contribution in [0.1, 0.15) is 20.3 Å². The summed E-state index contributed by atoms with van der Waals surface area (Å²) in [6.45, 7) is 4.13. The van der Waals surface area contributed by atoms with Crippen LogP contribution in [0.5, 0.6) is 0 Å². The van der Waals surface area contributed by atoms with Crippen molar-refractivity contribution in [2.75, 3.05) is 18.2 Å². The van der Waals surface area contributed by atoms with Gasteiger partial charge in [-0.1, -0.05) is 19.9 Å². The van der Waals surface area contributed by atoms with E-state index in [2.05, 4.69) is 24.1 Å². The molecule has 0 radical (unpaired) electrons. The Labute approximate surface area is 124 Å². The van der Waals surface area contributed by atoms with Gasteiger partial charge in [0, 0.05) is 23.2 Å². The number of nitrogens with one attached hydrogen (secondary N) is 1. The number of anilines is 2. The number of nitrogens with zero attached hydrogens (tertiary/aromatic N) is 1. The summed E-state index contributed by atoms with van der Waals surface area (Å²) in [5, 5.41) is 5.09. The molecular weight excluding hydrogens is 266 g/mol. The molecule has 1 aromatic heterocycles. The first-order chi connectivity index (χ1) is 10.0. The second-order valence-electron chi connectivity index (χ2n) is 5.47. The Kier molecular flexibility index (Phi) is 4.62. The van der Waals surface area contributed by atoms with Gasteiger partial charge in [0.15, 0.2) is 0 Å². The molecule has 2 aromatic rings. The number of fused-ring (bicyclic) bond motifs is 1. The van der Waals surface area contributed by atoms with E-state index < -0.39 is 6.04 Å². The maximum absolute atomic E-state index is 11.9. The maximum Gasteiger partial charge on any atom is 0.328 e. The van der Waals surface area contributed by atoms with Crippen LogP contribution < -0.4 is 11.1 Å². The van der Waals surface area contributed by atoms with Crippen LogP contribution in [-0.4, -0.2) is 24.1 Å². The molecule has 0 fully saturated rings. The number of carbonyl (C=O) groups excluding carboxylic acids is 1. The van der Waals surface area contributed by atoms with Gasteiger partial charge in [-0.25, -0.2) is 4.79 Å². The molecule has 112 valence electrons. The molecule has 21 heavy (non-hydrogen) atoms. The average molecular weight is 287 g/mol. The lowest BCUT2D eigenvalue weighted by atomic mass is 10.0. The predicted octanol–water partition coefficient (Wildman–Crippen LogP) is 2.82. The van der Waals surface area contributed by atoms with E-state index in [-0.39, 0.29) is 5.97 Å². The van der Waals surface area contributed by atoms with Gasteiger partial charge in [0.25, 0.3) is 0 Å². The highest BCUT2D eigenvalue weighted by Crippen LogP contribution is 2.29. The number of nitrogens with two attached hydrogens (primary N) is 1. The van der Waals surface area contributed by atoms with E-state index >= 15 is 0 Å². The summed E-state index contributed by atoms with van der Waals surface area (Å²) in [5.74, 6) is 0.0883. The van der Waals surface area contributed by atoms with E-state index in [1.54, 1.807) is 12.4 Å². The minimum absolute atomic E-state index is 0.280. The fourth-order valence-corrected chi connectivity index (χ4v) is 2.33. The van der Waals surface area contributed by atoms with Crippen molar-refractivity contribution in [1.29, 1.82) is 0 Å². The van der Waals surface area contributed by atoms with Crippen LogP contribution in [0, 0.1) is 5.92 Å². The summed E-state index contributed by atoms with van der Waals surface area (Å²) in [6, 6.07) is 5.27. The van der Waals surface area contributed by atoms with Gasteiger partial charge in [-0.05, 0) is 24.5 Å². The van der Waals surface area contributed by atoms with Crippen molar-refractivity contribution in [3.05, 3.63) is 30.6 Å². The van der Waals surface area contributed by atoms with Gasteiger partial charge in [0.05, 0.1) is 18.5 Å². The fourth-order valence-electron chi connectivity index (χ4n) is 2.33. The lowest BCUT2D eigenvalue weighted by Gasteiger charge is -2.21. The third-order valence-corrected chi connectivity index (χ3v) is 3.38. The number of benzene rings is 1. The largest absolute Gasteiger partial charge is 0.467 e. The standard InChI is InChI=1S/C16H21N3O2/c1-10(2)8-14(16(20)21-3)19-13-5-4-11-9-18-7-6-12(11)15(13)17/h4-7,9-10,14,19H,8,17H2,1-3H3. The number of aromatic nitrogens is 1. The maximum atomic E-state index is 11.9. The molecular formula is C16H21N3O2. The molecule has 0 aliphatic carbocycles. The average Bonchev–Trinajstić information content (AvgIpc) is 2.48. The number of hydrogen-bond donors (Lipinski definition) is 2. The number of esters is 1. The third kappa shape index (κ3) is 3.42. The quantitative estimate of drug-likeness (QED) is 0.653. The summed E-state index contributed by atoms with van der Waals surface area (Å²) < 4.78 is 4.86. The first kappa shape index (κ1) is 15.1. The van der Waals surface area contributed by atoms with Crippen LogP contribution in [0.3, 0.4) is 0 Å². The highest BCUT2D eigenvalue weighted by molar-refractivity contribution is 5.99. The molecule has 1 unspecified atom stereocenters. The molecule has 2 rings (SSSR count). The first-order valence-electron chi connectivity index (χ1n) is 6.99. The van der Waals surface area contributed by atoms with E-state index in [1.807, 2.05) is 18.2 Å². The smallest absolute Gasteiger partial charge is 0.328 e. The Bertz CT molecular complexity index is 640. The van der Waals surface area contributed by atoms with Gasteiger partial charge in [0.1, 0.15) is 6.04 Å². The van der Waals surface area contributed by atoms with Crippen LogP contribution in [0.4, 0.5) is 11.4 Å². The molecule has 0 aliphatic heterocycles. The van der Waals surface area contributed by atoms with Crippen molar-refractivity contribution < 1.29 is 9.53 Å². The summed E-state index contributed by atoms with van der Waals surface area (Å²) in [7, 11) is 1.40. The lowest BCUT2D eigenvalue weighted by molar-refractivity contribution is -0.141. The number of nitrogen functional groups attached to an aromatic ring is 1. The zero-order valence-corrected chi connectivity index (χ0v) is 12.6. The van der Waals surface area contributed by atoms with Crippen molar-refractivity contribution in [1.82, 2.24) is 4.98 Å². The van der Waals surface area contributed by atoms with Gasteiger partial charge in [-0.2, -0.15) is 0 Å². The summed E-state index contributed by atoms with van der Waals surface area (Å²) in [5.41, 5.74) is 7.56. The molecule has 0 bridgehead atoms. The lowest BCUT2D eigenvalue weighted by Crippen LogP contribution is -2.32. The van der Waals surface area contributed by atoms with Crippen molar-refractivity contribution in [3.8, 4) is 0 Å². The van der Waals surface area contributed by atoms with E-state index in [1.165, 1.54) is 7.11 Å². The highest BCUT2D eigenvalue weighted by Gasteiger charge is 2.21. The monoisotopic (exact) mass is 287 g/mol. The molecule has 1 atom stereocenters. The summed E-state index contributed by atoms with van der Waals surface area (Å²) >= 11 is 0. The zero-order valence-electron chi connectivity index (χ0n) is 12.6. The van der Waals surface area contributed by atoms with Crippen molar-refractivity contribution >= 4 is 28.1 Å². The van der Waals surface area contributed by atoms with Crippen molar-refractivity contribution in [3.63, 3.8) is 0 Å². The minimum atomic E-state index is -0.406. The minimum Gasteiger partial charge on any atom is -0.467 e. The Morgan fingerprint density at radius 1 is 1.38 bits per heavy atom. The molecule has 0 amide bonds. The highest BCUT2D eigenvalue weighted by atomic mass is 16.5. The number of methoxy groups -OCH3 is 1. The molecule has 0 saturated heterocycles. The van der Waals surface area contributed by atoms with Gasteiger partial charge < -0.3 is 15.8 Å². The molecule has 1 aromatic carbocycles. The van der Waals surface area contributed by atoms with Gasteiger partial charge >= 0.3 is 5.97 Å². The Balaban J connectivity index is 2.32. The van der Waals surface area contributed by atoms with E-state index in [0.29, 0.717) is 18.0 Å². The fraction of sp³-hybridized carbons (Fsp3) is 0.375. The van der Waals surface area contributed by atoms with Crippen LogP contribution in [0.25, 0.3) is 10.8 Å². The molecule has 0 saturated carbocycles. The SMILES string of the molecule is COC(=O)C(CC(C)C)Nc1ccc2cnccc2c1N. The molecule has 0 aliphatic rings. The van der Waals surface area contributed by atoms with Crippen molar-refractivity contribution in [2.45, 2.75) is 26.3 Å². The molecule has 0 spiro atoms. The van der Waals surface area contributed by atoms with E-state index in [9.17, 15) is 4.79 Å². The Morgan fingerprint density at radius 3 is 2.81 bits per heavy atom. The van der Waals surface area contributed by atoms with Crippen LogP contribution in [-0.2, 0) is 9.53 Å². The number of rotatable bonds is 5. The second kappa shape index (κ2) is 6.43. The summed E-state index contributed by atoms with van der Waals surface area (Å²) in [6.07, 6.45) is 4.15. The topological polar surface area (TPSA) is 77.2 Å². The van der Waals surface area contributed by atoms with Gasteiger partial charge in [0.2, 0.25) is 0 Å². The van der Waals surface area contributed by atoms with Crippen LogP contribution in [0.15, 0.2) is 30.6 Å². The Hall–Kier alpha value is -2.30. The number of carbonyl (C=O) groups is 1. The second-order valence-corrected chi connectivity index (χ2v) is 5.47. The number of pyridine rings is 1. The number of ether oxygens (including phenoxy) is 1. The number of hydrogen-bond acceptors (Lipinski definition) is 5. The van der Waals surface area contributed by atoms with E-state index in [0.717, 1.165) is 16.5 Å². The van der Waals surface area contributed by atoms with Crippen LogP contribution >= 0.6 is 0 Å². The first-order valence-corrected chi connectivity index (χ1v) is 6.99. The molecule has 5 nitrogen and oxygen atoms in total. The molecule has 3 N–H and O–H groups in total. The third-order valence-electron chi connectivity index (χ3n) is 3.38. The van der Waals surface area contributed by atoms with E-state index in [4.69, 9.17) is 10.5 Å². The Morgan fingerprint density at radius 2 is 2.14 bits per heavy atom. The van der Waals surface area contributed by atoms with Gasteiger partial charge in [-0.15, -0.1) is 0 Å². The van der Waals surface area contributed by atoms with Crippen molar-refractivity contribution in [2.24, 2.45) is 5.92 Å². The summed E-state index contributed by atoms with van der Waals surface area (Å²) in [4.78, 5) is 16.0. The zero-order chi connectivity index (χ0) is 15.4. The van der Waals surface area contributed by atoms with Crippen LogP contribution in [0.2, 0.25) is 0 Å². The normalized spacial score (nSPS) is 12.4. The predicted molar refractivity (Wildman–Crippen MR) is 85.0 cm³/mol. The molecule has 1 heterocycles. The molecule has 5 heteroatoms. The van der Waals surface area contributed by atoms with Gasteiger partial charge in [-0.3, -0.25) is 4.98 Å².